The number of rotatable bonds is 6. The molecular formula is C15H33N3. The Morgan fingerprint density at radius 1 is 1.17 bits per heavy atom. The van der Waals surface area contributed by atoms with Crippen LogP contribution in [0, 0.1) is 5.41 Å². The molecule has 0 aromatic heterocycles. The molecule has 18 heavy (non-hydrogen) atoms. The smallest absolute Gasteiger partial charge is 0.0330 e. The van der Waals surface area contributed by atoms with E-state index in [4.69, 9.17) is 5.73 Å². The van der Waals surface area contributed by atoms with E-state index in [1.165, 1.54) is 25.8 Å². The molecule has 1 unspecified atom stereocenters. The van der Waals surface area contributed by atoms with Gasteiger partial charge in [0.2, 0.25) is 0 Å². The minimum absolute atomic E-state index is 0.219. The molecule has 0 heterocycles. The zero-order chi connectivity index (χ0) is 14.0. The molecule has 0 spiro atoms. The second-order valence-electron chi connectivity index (χ2n) is 7.47. The van der Waals surface area contributed by atoms with Gasteiger partial charge in [-0.25, -0.2) is 0 Å². The summed E-state index contributed by atoms with van der Waals surface area (Å²) in [6.45, 7) is 8.96. The van der Waals surface area contributed by atoms with Crippen LogP contribution in [0.25, 0.3) is 0 Å². The first-order valence-electron chi connectivity index (χ1n) is 7.29. The largest absolute Gasteiger partial charge is 0.327 e. The standard InChI is InChI=1S/C15H33N3/c1-14(2,3)13(16)8-11-18(6)12-15(17(4)5)9-7-10-15/h13H,7-12,16H2,1-6H3. The Morgan fingerprint density at radius 3 is 2.06 bits per heavy atom. The molecule has 3 nitrogen and oxygen atoms in total. The number of likely N-dealkylation sites (N-methyl/N-ethyl adjacent to an activating group) is 2. The molecule has 3 heteroatoms. The topological polar surface area (TPSA) is 32.5 Å². The van der Waals surface area contributed by atoms with Crippen LogP contribution in [0.5, 0.6) is 0 Å². The van der Waals surface area contributed by atoms with Crippen molar-refractivity contribution in [2.45, 2.75) is 58.0 Å². The highest BCUT2D eigenvalue weighted by Gasteiger charge is 2.39. The normalized spacial score (nSPS) is 21.2. The molecule has 0 bridgehead atoms. The predicted molar refractivity (Wildman–Crippen MR) is 79.8 cm³/mol. The molecular weight excluding hydrogens is 222 g/mol. The Balaban J connectivity index is 2.36. The SMILES string of the molecule is CN(CCC(N)C(C)(C)C)CC1(N(C)C)CCC1. The number of nitrogens with zero attached hydrogens (tertiary/aromatic N) is 2. The average Bonchev–Trinajstić information content (AvgIpc) is 2.17. The number of hydrogen-bond acceptors (Lipinski definition) is 3. The van der Waals surface area contributed by atoms with Gasteiger partial charge in [-0.2, -0.15) is 0 Å². The van der Waals surface area contributed by atoms with E-state index in [1.54, 1.807) is 0 Å². The van der Waals surface area contributed by atoms with Crippen molar-refractivity contribution >= 4 is 0 Å². The van der Waals surface area contributed by atoms with Crippen LogP contribution in [0.1, 0.15) is 46.5 Å². The Bertz CT molecular complexity index is 251. The fourth-order valence-corrected chi connectivity index (χ4v) is 2.71. The first-order valence-corrected chi connectivity index (χ1v) is 7.29. The van der Waals surface area contributed by atoms with Gasteiger partial charge in [0.05, 0.1) is 0 Å². The lowest BCUT2D eigenvalue weighted by Crippen LogP contribution is -2.57. The van der Waals surface area contributed by atoms with Gasteiger partial charge in [-0.15, -0.1) is 0 Å². The van der Waals surface area contributed by atoms with Crippen molar-refractivity contribution < 1.29 is 0 Å². The average molecular weight is 255 g/mol. The third-order valence-electron chi connectivity index (χ3n) is 4.73. The van der Waals surface area contributed by atoms with Crippen molar-refractivity contribution in [1.29, 1.82) is 0 Å². The van der Waals surface area contributed by atoms with Crippen LogP contribution in [0.2, 0.25) is 0 Å². The molecule has 1 rings (SSSR count). The molecule has 0 radical (unpaired) electrons. The van der Waals surface area contributed by atoms with Crippen LogP contribution in [0.15, 0.2) is 0 Å². The van der Waals surface area contributed by atoms with E-state index in [9.17, 15) is 0 Å². The van der Waals surface area contributed by atoms with Crippen molar-refractivity contribution in [1.82, 2.24) is 9.80 Å². The first kappa shape index (κ1) is 15.9. The lowest BCUT2D eigenvalue weighted by molar-refractivity contribution is 0.0265. The summed E-state index contributed by atoms with van der Waals surface area (Å²) < 4.78 is 0. The van der Waals surface area contributed by atoms with Gasteiger partial charge in [0.1, 0.15) is 0 Å². The summed E-state index contributed by atoms with van der Waals surface area (Å²) in [5.41, 5.74) is 6.88. The second kappa shape index (κ2) is 5.89. The Morgan fingerprint density at radius 2 is 1.72 bits per heavy atom. The molecule has 108 valence electrons. The number of nitrogens with two attached hydrogens (primary N) is 1. The molecule has 1 aliphatic rings. The van der Waals surface area contributed by atoms with Gasteiger partial charge in [0.25, 0.3) is 0 Å². The molecule has 1 aliphatic carbocycles. The Labute approximate surface area is 114 Å². The third-order valence-corrected chi connectivity index (χ3v) is 4.73. The predicted octanol–water partition coefficient (Wildman–Crippen LogP) is 2.17. The fraction of sp³-hybridized carbons (Fsp3) is 1.00. The Hall–Kier alpha value is -0.120. The van der Waals surface area contributed by atoms with Crippen molar-refractivity contribution in [2.24, 2.45) is 11.1 Å². The van der Waals surface area contributed by atoms with Crippen LogP contribution in [0.4, 0.5) is 0 Å². The molecule has 1 saturated carbocycles. The zero-order valence-corrected chi connectivity index (χ0v) is 13.3. The quantitative estimate of drug-likeness (QED) is 0.789. The summed E-state index contributed by atoms with van der Waals surface area (Å²) in [4.78, 5) is 4.88. The van der Waals surface area contributed by atoms with E-state index >= 15 is 0 Å². The van der Waals surface area contributed by atoms with Crippen LogP contribution in [0.3, 0.4) is 0 Å². The van der Waals surface area contributed by atoms with E-state index < -0.39 is 0 Å². The van der Waals surface area contributed by atoms with Crippen molar-refractivity contribution in [3.05, 3.63) is 0 Å². The van der Waals surface area contributed by atoms with Gasteiger partial charge in [0.15, 0.2) is 0 Å². The molecule has 0 aliphatic heterocycles. The van der Waals surface area contributed by atoms with E-state index in [-0.39, 0.29) is 11.5 Å². The maximum atomic E-state index is 6.23. The highest BCUT2D eigenvalue weighted by molar-refractivity contribution is 4.97. The molecule has 0 aromatic carbocycles. The Kier molecular flexibility index (Phi) is 5.22. The van der Waals surface area contributed by atoms with E-state index in [2.05, 4.69) is 51.7 Å². The lowest BCUT2D eigenvalue weighted by Gasteiger charge is -2.49. The summed E-state index contributed by atoms with van der Waals surface area (Å²) in [5, 5.41) is 0. The lowest BCUT2D eigenvalue weighted by atomic mass is 9.75. The van der Waals surface area contributed by atoms with Crippen molar-refractivity contribution in [3.63, 3.8) is 0 Å². The van der Waals surface area contributed by atoms with Crippen LogP contribution in [-0.4, -0.2) is 55.6 Å². The van der Waals surface area contributed by atoms with Gasteiger partial charge in [0, 0.05) is 18.1 Å². The number of hydrogen-bond donors (Lipinski definition) is 1. The highest BCUT2D eigenvalue weighted by Crippen LogP contribution is 2.36. The zero-order valence-electron chi connectivity index (χ0n) is 13.3. The van der Waals surface area contributed by atoms with E-state index in [1.807, 2.05) is 0 Å². The molecule has 1 fully saturated rings. The van der Waals surface area contributed by atoms with Gasteiger partial charge in [-0.1, -0.05) is 20.8 Å². The molecule has 0 aromatic rings. The molecule has 1 atom stereocenters. The minimum atomic E-state index is 0.219. The summed E-state index contributed by atoms with van der Waals surface area (Å²) in [6.07, 6.45) is 5.16. The first-order chi connectivity index (χ1) is 8.17. The van der Waals surface area contributed by atoms with Gasteiger partial charge in [-0.05, 0) is 58.8 Å². The minimum Gasteiger partial charge on any atom is -0.327 e. The van der Waals surface area contributed by atoms with Crippen LogP contribution < -0.4 is 5.73 Å². The molecule has 0 saturated heterocycles. The van der Waals surface area contributed by atoms with Crippen LogP contribution in [-0.2, 0) is 0 Å². The molecule has 0 amide bonds. The second-order valence-corrected chi connectivity index (χ2v) is 7.47. The van der Waals surface area contributed by atoms with E-state index in [0.717, 1.165) is 13.0 Å². The maximum Gasteiger partial charge on any atom is 0.0330 e. The third kappa shape index (κ3) is 3.94. The molecule has 2 N–H and O–H groups in total. The van der Waals surface area contributed by atoms with Gasteiger partial charge in [-0.3, -0.25) is 0 Å². The highest BCUT2D eigenvalue weighted by atomic mass is 15.2. The summed E-state index contributed by atoms with van der Waals surface area (Å²) in [6, 6.07) is 0.289. The van der Waals surface area contributed by atoms with Crippen LogP contribution >= 0.6 is 0 Å². The fourth-order valence-electron chi connectivity index (χ4n) is 2.71. The summed E-state index contributed by atoms with van der Waals surface area (Å²) in [7, 11) is 6.67. The van der Waals surface area contributed by atoms with Gasteiger partial charge >= 0.3 is 0 Å². The van der Waals surface area contributed by atoms with Gasteiger partial charge < -0.3 is 15.5 Å². The maximum absolute atomic E-state index is 6.23. The van der Waals surface area contributed by atoms with Crippen molar-refractivity contribution in [3.8, 4) is 0 Å². The monoisotopic (exact) mass is 255 g/mol. The van der Waals surface area contributed by atoms with Crippen molar-refractivity contribution in [2.75, 3.05) is 34.2 Å². The summed E-state index contributed by atoms with van der Waals surface area (Å²) >= 11 is 0. The van der Waals surface area contributed by atoms with E-state index in [0.29, 0.717) is 5.54 Å². The summed E-state index contributed by atoms with van der Waals surface area (Å²) in [5.74, 6) is 0.